The second-order valence-corrected chi connectivity index (χ2v) is 9.32. The van der Waals surface area contributed by atoms with Crippen LogP contribution in [0.2, 0.25) is 0 Å². The largest absolute Gasteiger partial charge is 0.388 e. The third-order valence-electron chi connectivity index (χ3n) is 8.58. The van der Waals surface area contributed by atoms with E-state index in [-0.39, 0.29) is 41.3 Å². The number of hydrogen-bond donors (Lipinski definition) is 2. The fraction of sp³-hybridized carbons (Fsp3) is 0.682. The summed E-state index contributed by atoms with van der Waals surface area (Å²) in [5, 5.41) is 30.3. The smallest absolute Gasteiger partial charge is 0.190 e. The Bertz CT molecular complexity index is 808. The van der Waals surface area contributed by atoms with Crippen LogP contribution in [0.15, 0.2) is 23.8 Å². The Morgan fingerprint density at radius 2 is 2.00 bits per heavy atom. The van der Waals surface area contributed by atoms with Crippen molar-refractivity contribution in [2.75, 3.05) is 6.61 Å². The molecule has 5 nitrogen and oxygen atoms in total. The van der Waals surface area contributed by atoms with Gasteiger partial charge in [-0.1, -0.05) is 26.0 Å². The van der Waals surface area contributed by atoms with E-state index < -0.39 is 23.4 Å². The molecule has 0 aromatic carbocycles. The molecule has 144 valence electrons. The van der Waals surface area contributed by atoms with Gasteiger partial charge in [-0.25, -0.2) is 0 Å². The molecular weight excluding hydrogens is 342 g/mol. The average Bonchev–Trinajstić information content (AvgIpc) is 2.93. The van der Waals surface area contributed by atoms with Crippen LogP contribution >= 0.6 is 0 Å². The van der Waals surface area contributed by atoms with E-state index in [1.54, 1.807) is 6.08 Å². The monoisotopic (exact) mass is 369 g/mol. The van der Waals surface area contributed by atoms with Crippen molar-refractivity contribution in [3.63, 3.8) is 0 Å². The Kier molecular flexibility index (Phi) is 4.04. The number of ketones is 2. The Morgan fingerprint density at radius 1 is 1.30 bits per heavy atom. The number of aliphatic hydroxyl groups excluding tert-OH is 1. The number of carbonyl (C=O) groups excluding carboxylic acids is 2. The highest BCUT2D eigenvalue weighted by Crippen LogP contribution is 2.66. The van der Waals surface area contributed by atoms with Crippen molar-refractivity contribution >= 4 is 11.6 Å². The van der Waals surface area contributed by atoms with Crippen LogP contribution < -0.4 is 0 Å². The van der Waals surface area contributed by atoms with Crippen LogP contribution in [0.5, 0.6) is 0 Å². The van der Waals surface area contributed by atoms with Gasteiger partial charge in [0.15, 0.2) is 11.6 Å². The average molecular weight is 369 g/mol. The summed E-state index contributed by atoms with van der Waals surface area (Å²) in [6, 6.07) is 2.39. The molecule has 2 saturated carbocycles. The number of rotatable bonds is 2. The molecule has 2 fully saturated rings. The van der Waals surface area contributed by atoms with Crippen LogP contribution in [-0.4, -0.2) is 34.0 Å². The first-order chi connectivity index (χ1) is 12.7. The third-order valence-corrected chi connectivity index (χ3v) is 8.58. The Labute approximate surface area is 159 Å². The van der Waals surface area contributed by atoms with Gasteiger partial charge in [0.2, 0.25) is 0 Å². The molecule has 0 heterocycles. The van der Waals surface area contributed by atoms with E-state index in [9.17, 15) is 25.1 Å². The summed E-state index contributed by atoms with van der Waals surface area (Å²) >= 11 is 0. The molecule has 0 aromatic heterocycles. The standard InChI is InChI=1S/C22H27NO4/c1-20-7-5-18-16(17(20)6-8-22(20,27)19(26)12-24)4-3-13-9-15(25)10-14(11-23)21(13,18)2/h3-4,9,14,16-18,24,27H,5-8,10,12H2,1-2H3/t14?,16-,17-,18-,20-,21+,22-/m0/s1. The summed E-state index contributed by atoms with van der Waals surface area (Å²) in [4.78, 5) is 24.4. The summed E-state index contributed by atoms with van der Waals surface area (Å²) in [7, 11) is 0. The van der Waals surface area contributed by atoms with Gasteiger partial charge in [0.25, 0.3) is 0 Å². The Morgan fingerprint density at radius 3 is 2.67 bits per heavy atom. The first-order valence-corrected chi connectivity index (χ1v) is 9.91. The Balaban J connectivity index is 1.77. The maximum Gasteiger partial charge on any atom is 0.190 e. The lowest BCUT2D eigenvalue weighted by Gasteiger charge is -2.57. The first-order valence-electron chi connectivity index (χ1n) is 9.91. The van der Waals surface area contributed by atoms with Crippen LogP contribution in [0, 0.1) is 45.8 Å². The van der Waals surface area contributed by atoms with E-state index in [1.165, 1.54) is 0 Å². The van der Waals surface area contributed by atoms with Gasteiger partial charge in [0.05, 0.1) is 12.0 Å². The van der Waals surface area contributed by atoms with Crippen LogP contribution in [0.3, 0.4) is 0 Å². The molecule has 0 radical (unpaired) electrons. The van der Waals surface area contributed by atoms with E-state index in [2.05, 4.69) is 19.1 Å². The maximum atomic E-state index is 12.4. The summed E-state index contributed by atoms with van der Waals surface area (Å²) < 4.78 is 0. The lowest BCUT2D eigenvalue weighted by molar-refractivity contribution is -0.162. The molecule has 0 saturated heterocycles. The molecule has 0 aliphatic heterocycles. The van der Waals surface area contributed by atoms with E-state index >= 15 is 0 Å². The normalized spacial score (nSPS) is 48.1. The molecule has 4 rings (SSSR count). The lowest BCUT2D eigenvalue weighted by Crippen LogP contribution is -2.58. The zero-order chi connectivity index (χ0) is 19.6. The number of nitriles is 1. The second-order valence-electron chi connectivity index (χ2n) is 9.32. The molecule has 7 atom stereocenters. The van der Waals surface area contributed by atoms with Gasteiger partial charge in [0, 0.05) is 17.3 Å². The van der Waals surface area contributed by atoms with E-state index in [4.69, 9.17) is 0 Å². The highest BCUT2D eigenvalue weighted by Gasteiger charge is 2.66. The highest BCUT2D eigenvalue weighted by molar-refractivity contribution is 5.93. The fourth-order valence-electron chi connectivity index (χ4n) is 6.87. The van der Waals surface area contributed by atoms with Crippen molar-refractivity contribution in [3.8, 4) is 6.07 Å². The van der Waals surface area contributed by atoms with Crippen LogP contribution in [-0.2, 0) is 9.59 Å². The number of Topliss-reactive ketones (excluding diaryl/α,β-unsaturated/α-hetero) is 1. The molecule has 0 spiro atoms. The van der Waals surface area contributed by atoms with Gasteiger partial charge >= 0.3 is 0 Å². The molecule has 0 bridgehead atoms. The van der Waals surface area contributed by atoms with Crippen molar-refractivity contribution in [1.29, 1.82) is 5.26 Å². The molecule has 2 N–H and O–H groups in total. The number of aliphatic hydroxyl groups is 2. The topological polar surface area (TPSA) is 98.4 Å². The molecule has 5 heteroatoms. The minimum Gasteiger partial charge on any atom is -0.388 e. The minimum absolute atomic E-state index is 0.0153. The Hall–Kier alpha value is -1.77. The second kappa shape index (κ2) is 5.86. The number of fused-ring (bicyclic) bond motifs is 5. The summed E-state index contributed by atoms with van der Waals surface area (Å²) in [6.45, 7) is 3.47. The van der Waals surface area contributed by atoms with Gasteiger partial charge in [-0.2, -0.15) is 5.26 Å². The number of allylic oxidation sites excluding steroid dienone is 4. The highest BCUT2D eigenvalue weighted by atomic mass is 16.3. The van der Waals surface area contributed by atoms with Crippen molar-refractivity contribution in [3.05, 3.63) is 23.8 Å². The summed E-state index contributed by atoms with van der Waals surface area (Å²) in [5.41, 5.74) is -1.46. The van der Waals surface area contributed by atoms with Gasteiger partial charge < -0.3 is 10.2 Å². The summed E-state index contributed by atoms with van der Waals surface area (Å²) in [5.74, 6) is -0.293. The van der Waals surface area contributed by atoms with Crippen LogP contribution in [0.4, 0.5) is 0 Å². The number of carbonyl (C=O) groups is 2. The van der Waals surface area contributed by atoms with Gasteiger partial charge in [-0.05, 0) is 55.1 Å². The zero-order valence-corrected chi connectivity index (χ0v) is 15.9. The number of hydrogen-bond acceptors (Lipinski definition) is 5. The van der Waals surface area contributed by atoms with Crippen molar-refractivity contribution in [1.82, 2.24) is 0 Å². The van der Waals surface area contributed by atoms with Crippen molar-refractivity contribution in [2.24, 2.45) is 34.5 Å². The maximum absolute atomic E-state index is 12.4. The molecule has 4 aliphatic rings. The van der Waals surface area contributed by atoms with Crippen LogP contribution in [0.1, 0.15) is 46.0 Å². The predicted molar refractivity (Wildman–Crippen MR) is 98.1 cm³/mol. The number of nitrogens with zero attached hydrogens (tertiary/aromatic N) is 1. The van der Waals surface area contributed by atoms with Gasteiger partial charge in [0.1, 0.15) is 12.2 Å². The molecule has 1 unspecified atom stereocenters. The van der Waals surface area contributed by atoms with E-state index in [0.717, 1.165) is 18.4 Å². The van der Waals surface area contributed by atoms with Crippen molar-refractivity contribution in [2.45, 2.75) is 51.6 Å². The zero-order valence-electron chi connectivity index (χ0n) is 15.9. The first kappa shape index (κ1) is 18.6. The molecule has 0 amide bonds. The van der Waals surface area contributed by atoms with Gasteiger partial charge in [-0.15, -0.1) is 0 Å². The lowest BCUT2D eigenvalue weighted by atomic mass is 9.46. The van der Waals surface area contributed by atoms with Crippen LogP contribution in [0.25, 0.3) is 0 Å². The van der Waals surface area contributed by atoms with Crippen molar-refractivity contribution < 1.29 is 19.8 Å². The SMILES string of the molecule is C[C@]12CC[C@H]3[C@@H](C=CC4=CC(=O)CC(C#N)[C@@]43C)[C@@H]1CC[C@]2(O)C(=O)CO. The fourth-order valence-corrected chi connectivity index (χ4v) is 6.87. The van der Waals surface area contributed by atoms with Gasteiger partial charge in [-0.3, -0.25) is 9.59 Å². The molecular formula is C22H27NO4. The predicted octanol–water partition coefficient (Wildman–Crippen LogP) is 2.34. The molecule has 4 aliphatic carbocycles. The quantitative estimate of drug-likeness (QED) is 0.778. The van der Waals surface area contributed by atoms with E-state index in [1.807, 2.05) is 13.0 Å². The minimum atomic E-state index is -1.47. The third kappa shape index (κ3) is 2.17. The molecule has 0 aromatic rings. The molecule has 27 heavy (non-hydrogen) atoms. The summed E-state index contributed by atoms with van der Waals surface area (Å²) in [6.07, 6.45) is 8.70. The van der Waals surface area contributed by atoms with E-state index in [0.29, 0.717) is 12.8 Å².